The summed E-state index contributed by atoms with van der Waals surface area (Å²) in [5, 5.41) is 0.682. The Hall–Kier alpha value is -5.89. The van der Waals surface area contributed by atoms with Crippen molar-refractivity contribution in [3.8, 4) is 45.3 Å². The lowest BCUT2D eigenvalue weighted by Crippen LogP contribution is -2.51. The fourth-order valence-corrected chi connectivity index (χ4v) is 14.6. The summed E-state index contributed by atoms with van der Waals surface area (Å²) in [4.78, 5) is 25.6. The van der Waals surface area contributed by atoms with Crippen molar-refractivity contribution in [1.82, 2.24) is 0 Å². The summed E-state index contributed by atoms with van der Waals surface area (Å²) < 4.78 is 186. The van der Waals surface area contributed by atoms with Gasteiger partial charge in [0, 0.05) is 61.1 Å². The van der Waals surface area contributed by atoms with Gasteiger partial charge in [-0.1, -0.05) is 36.4 Å². The smallest absolute Gasteiger partial charge is 0.493 e. The standard InChI is InChI=1S/C48H48F10O11Si2/c1-61-70(3,23-19-39(51)37(49)17-21-63-31-15-13-29-25-35(45(59)65-43(29)27-31)33-9-5-7-11-41(33)67-47(53,54)55)69-71(4,62-2)24-20-40(52)38(50)18-22-64-32-16-14-30-26-36(46(60)66-44(30)28-32)34-10-6-8-12-42(34)68-48(56,57)58/h5-16,25-28,37-40H,17-24H2,1-4H3. The third kappa shape index (κ3) is 15.1. The van der Waals surface area contributed by atoms with Crippen LogP contribution in [0.2, 0.25) is 25.2 Å². The summed E-state index contributed by atoms with van der Waals surface area (Å²) in [6, 6.07) is 21.4. The van der Waals surface area contributed by atoms with Crippen LogP contribution in [0.3, 0.4) is 0 Å². The largest absolute Gasteiger partial charge is 0.573 e. The fourth-order valence-electron chi connectivity index (χ4n) is 7.49. The van der Waals surface area contributed by atoms with Crippen LogP contribution >= 0.6 is 0 Å². The van der Waals surface area contributed by atoms with E-state index in [0.29, 0.717) is 10.8 Å². The molecule has 23 heteroatoms. The second-order valence-corrected chi connectivity index (χ2v) is 23.7. The number of alkyl halides is 10. The van der Waals surface area contributed by atoms with Gasteiger partial charge in [-0.2, -0.15) is 0 Å². The highest BCUT2D eigenvalue weighted by Gasteiger charge is 2.43. The van der Waals surface area contributed by atoms with Crippen LogP contribution in [-0.4, -0.2) is 82.0 Å². The van der Waals surface area contributed by atoms with Crippen LogP contribution < -0.4 is 30.2 Å². The van der Waals surface area contributed by atoms with Gasteiger partial charge in [0.15, 0.2) is 0 Å². The number of halogens is 10. The predicted molar refractivity (Wildman–Crippen MR) is 246 cm³/mol. The monoisotopic (exact) mass is 1050 g/mol. The molecular formula is C48H48F10O11Si2. The second-order valence-electron chi connectivity index (χ2n) is 16.6. The van der Waals surface area contributed by atoms with Gasteiger partial charge in [-0.05, 0) is 86.6 Å². The van der Waals surface area contributed by atoms with Crippen molar-refractivity contribution in [2.45, 2.75) is 88.3 Å². The van der Waals surface area contributed by atoms with Crippen molar-refractivity contribution >= 4 is 39.1 Å². The lowest BCUT2D eigenvalue weighted by Gasteiger charge is -2.36. The molecule has 384 valence electrons. The SMILES string of the molecule is CO[Si](C)(CCC(F)C(F)CCOc1ccc2cc(-c3ccccc3OC(F)(F)F)c(=O)oc2c1)O[Si](C)(CCC(F)C(F)CCOc1ccc2cc(-c3ccccc3OC(F)(F)F)c(=O)oc2c1)OC. The molecule has 0 saturated carbocycles. The van der Waals surface area contributed by atoms with Crippen molar-refractivity contribution in [2.24, 2.45) is 0 Å². The first-order chi connectivity index (χ1) is 33.5. The number of hydrogen-bond acceptors (Lipinski definition) is 11. The Morgan fingerprint density at radius 1 is 0.507 bits per heavy atom. The molecule has 0 aliphatic heterocycles. The summed E-state index contributed by atoms with van der Waals surface area (Å²) in [5.41, 5.74) is -2.46. The molecule has 0 aliphatic rings. The van der Waals surface area contributed by atoms with E-state index in [4.69, 9.17) is 31.3 Å². The molecule has 0 saturated heterocycles. The van der Waals surface area contributed by atoms with E-state index in [1.807, 2.05) is 0 Å². The molecule has 6 unspecified atom stereocenters. The Labute approximate surface area is 401 Å². The molecule has 0 fully saturated rings. The molecule has 0 aliphatic carbocycles. The lowest BCUT2D eigenvalue weighted by molar-refractivity contribution is -0.275. The molecule has 4 aromatic carbocycles. The minimum absolute atomic E-state index is 0.0112. The van der Waals surface area contributed by atoms with E-state index < -0.39 is 77.3 Å². The van der Waals surface area contributed by atoms with Crippen molar-refractivity contribution in [1.29, 1.82) is 0 Å². The molecule has 6 atom stereocenters. The molecule has 2 heterocycles. The van der Waals surface area contributed by atoms with Gasteiger partial charge < -0.3 is 40.7 Å². The normalized spacial score (nSPS) is 15.6. The zero-order chi connectivity index (χ0) is 51.7. The Balaban J connectivity index is 0.944. The van der Waals surface area contributed by atoms with Gasteiger partial charge >= 0.3 is 41.1 Å². The molecule has 2 aromatic heterocycles. The third-order valence-corrected chi connectivity index (χ3v) is 18.9. The Morgan fingerprint density at radius 2 is 0.873 bits per heavy atom. The van der Waals surface area contributed by atoms with Gasteiger partial charge in [0.25, 0.3) is 0 Å². The van der Waals surface area contributed by atoms with Crippen molar-refractivity contribution in [2.75, 3.05) is 27.4 Å². The maximum absolute atomic E-state index is 15.2. The van der Waals surface area contributed by atoms with Crippen LogP contribution in [0.15, 0.2) is 115 Å². The van der Waals surface area contributed by atoms with Crippen molar-refractivity contribution in [3.63, 3.8) is 0 Å². The first kappa shape index (κ1) is 54.4. The van der Waals surface area contributed by atoms with Gasteiger partial charge in [-0.3, -0.25) is 0 Å². The van der Waals surface area contributed by atoms with Gasteiger partial charge in [0.05, 0.1) is 24.3 Å². The van der Waals surface area contributed by atoms with Crippen molar-refractivity contribution in [3.05, 3.63) is 118 Å². The van der Waals surface area contributed by atoms with Gasteiger partial charge in [0.1, 0.15) is 58.9 Å². The maximum Gasteiger partial charge on any atom is 0.573 e. The Kier molecular flexibility index (Phi) is 17.7. The zero-order valence-electron chi connectivity index (χ0n) is 38.5. The lowest BCUT2D eigenvalue weighted by atomic mass is 10.0. The summed E-state index contributed by atoms with van der Waals surface area (Å²) in [5.74, 6) is -0.874. The average Bonchev–Trinajstić information content (AvgIpc) is 3.31. The topological polar surface area (TPSA) is 125 Å². The van der Waals surface area contributed by atoms with Gasteiger partial charge in [-0.25, -0.2) is 27.2 Å². The van der Waals surface area contributed by atoms with Crippen LogP contribution in [0, 0.1) is 0 Å². The second kappa shape index (κ2) is 23.1. The summed E-state index contributed by atoms with van der Waals surface area (Å²) >= 11 is 0. The minimum atomic E-state index is -5.00. The summed E-state index contributed by atoms with van der Waals surface area (Å²) in [7, 11) is -3.81. The quantitative estimate of drug-likeness (QED) is 0.0327. The summed E-state index contributed by atoms with van der Waals surface area (Å²) in [6.07, 6.45) is -19.2. The molecular weight excluding hydrogens is 999 g/mol. The first-order valence-electron chi connectivity index (χ1n) is 22.0. The molecule has 0 amide bonds. The van der Waals surface area contributed by atoms with E-state index in [0.717, 1.165) is 12.1 Å². The van der Waals surface area contributed by atoms with E-state index in [-0.39, 0.29) is 95.9 Å². The molecule has 0 N–H and O–H groups in total. The number of para-hydroxylation sites is 2. The summed E-state index contributed by atoms with van der Waals surface area (Å²) in [6.45, 7) is 2.71. The number of fused-ring (bicyclic) bond motifs is 2. The van der Waals surface area contributed by atoms with Crippen LogP contribution in [0.4, 0.5) is 43.9 Å². The number of benzene rings is 4. The molecule has 6 aromatic rings. The highest BCUT2D eigenvalue weighted by Crippen LogP contribution is 2.36. The van der Waals surface area contributed by atoms with E-state index in [1.54, 1.807) is 13.1 Å². The Morgan fingerprint density at radius 3 is 1.24 bits per heavy atom. The minimum Gasteiger partial charge on any atom is -0.493 e. The number of hydrogen-bond donors (Lipinski definition) is 0. The number of ether oxygens (including phenoxy) is 4. The van der Waals surface area contributed by atoms with Crippen molar-refractivity contribution < 1.29 is 84.7 Å². The molecule has 11 nitrogen and oxygen atoms in total. The Bertz CT molecular complexity index is 2670. The first-order valence-corrected chi connectivity index (χ1v) is 27.0. The molecule has 0 spiro atoms. The molecule has 0 bridgehead atoms. The average molecular weight is 1050 g/mol. The van der Waals surface area contributed by atoms with E-state index >= 15 is 17.6 Å². The highest BCUT2D eigenvalue weighted by molar-refractivity contribution is 6.80. The fraction of sp³-hybridized carbons (Fsp3) is 0.375. The predicted octanol–water partition coefficient (Wildman–Crippen LogP) is 12.9. The molecule has 0 radical (unpaired) electrons. The molecule has 71 heavy (non-hydrogen) atoms. The van der Waals surface area contributed by atoms with E-state index in [9.17, 15) is 35.9 Å². The van der Waals surface area contributed by atoms with E-state index in [2.05, 4.69) is 9.47 Å². The van der Waals surface area contributed by atoms with Crippen LogP contribution in [-0.2, 0) is 13.0 Å². The van der Waals surface area contributed by atoms with Gasteiger partial charge in [0.2, 0.25) is 0 Å². The maximum atomic E-state index is 15.2. The molecule has 6 rings (SSSR count). The van der Waals surface area contributed by atoms with Crippen LogP contribution in [0.25, 0.3) is 44.2 Å². The van der Waals surface area contributed by atoms with E-state index in [1.165, 1.54) is 99.1 Å². The number of rotatable bonds is 24. The van der Waals surface area contributed by atoms with Gasteiger partial charge in [-0.15, -0.1) is 26.3 Å². The third-order valence-electron chi connectivity index (χ3n) is 11.4. The zero-order valence-corrected chi connectivity index (χ0v) is 40.5. The van der Waals surface area contributed by atoms with Crippen LogP contribution in [0.1, 0.15) is 25.7 Å². The van der Waals surface area contributed by atoms with Crippen LogP contribution in [0.5, 0.6) is 23.0 Å². The highest BCUT2D eigenvalue weighted by atomic mass is 28.5.